The molecule has 0 saturated heterocycles. The smallest absolute Gasteiger partial charge is 0.123 e. The molecular formula is C16H15F. The molecule has 0 aliphatic heterocycles. The van der Waals surface area contributed by atoms with Crippen LogP contribution in [0.5, 0.6) is 0 Å². The number of hydrogen-bond acceptors (Lipinski definition) is 0. The lowest BCUT2D eigenvalue weighted by Crippen LogP contribution is -1.87. The highest BCUT2D eigenvalue weighted by Crippen LogP contribution is 2.17. The highest BCUT2D eigenvalue weighted by molar-refractivity contribution is 5.50. The van der Waals surface area contributed by atoms with Gasteiger partial charge < -0.3 is 0 Å². The lowest BCUT2D eigenvalue weighted by atomic mass is 10.00. The maximum atomic E-state index is 12.7. The molecule has 0 saturated carbocycles. The molecule has 1 atom stereocenters. The Morgan fingerprint density at radius 1 is 0.941 bits per heavy atom. The molecule has 0 fully saturated rings. The van der Waals surface area contributed by atoms with Crippen molar-refractivity contribution in [1.82, 2.24) is 0 Å². The SMILES string of the molecule is C[C@H](/C=C/c1ccc(F)cc1)c1ccccc1. The van der Waals surface area contributed by atoms with Crippen molar-refractivity contribution in [3.8, 4) is 0 Å². The second-order valence-corrected chi connectivity index (χ2v) is 4.11. The third-order valence-electron chi connectivity index (χ3n) is 2.77. The van der Waals surface area contributed by atoms with E-state index in [1.165, 1.54) is 17.7 Å². The molecule has 0 spiro atoms. The van der Waals surface area contributed by atoms with E-state index in [4.69, 9.17) is 0 Å². The number of hydrogen-bond donors (Lipinski definition) is 0. The third kappa shape index (κ3) is 3.28. The Labute approximate surface area is 101 Å². The van der Waals surface area contributed by atoms with Crippen molar-refractivity contribution in [2.45, 2.75) is 12.8 Å². The number of benzene rings is 2. The fourth-order valence-corrected chi connectivity index (χ4v) is 1.70. The van der Waals surface area contributed by atoms with Crippen molar-refractivity contribution in [3.05, 3.63) is 77.6 Å². The molecule has 2 aromatic carbocycles. The second kappa shape index (κ2) is 5.44. The van der Waals surface area contributed by atoms with Gasteiger partial charge in [-0.2, -0.15) is 0 Å². The third-order valence-corrected chi connectivity index (χ3v) is 2.77. The van der Waals surface area contributed by atoms with E-state index >= 15 is 0 Å². The number of rotatable bonds is 3. The molecular weight excluding hydrogens is 211 g/mol. The van der Waals surface area contributed by atoms with Gasteiger partial charge >= 0.3 is 0 Å². The molecule has 1 heteroatoms. The summed E-state index contributed by atoms with van der Waals surface area (Å²) in [4.78, 5) is 0. The first-order valence-electron chi connectivity index (χ1n) is 5.74. The van der Waals surface area contributed by atoms with Gasteiger partial charge in [0.2, 0.25) is 0 Å². The van der Waals surface area contributed by atoms with Gasteiger partial charge in [-0.05, 0) is 29.2 Å². The lowest BCUT2D eigenvalue weighted by Gasteiger charge is -2.05. The summed E-state index contributed by atoms with van der Waals surface area (Å²) in [6.07, 6.45) is 4.15. The normalized spacial score (nSPS) is 12.8. The average molecular weight is 226 g/mol. The van der Waals surface area contributed by atoms with Gasteiger partial charge in [0.25, 0.3) is 0 Å². The van der Waals surface area contributed by atoms with Crippen LogP contribution < -0.4 is 0 Å². The molecule has 2 aromatic rings. The van der Waals surface area contributed by atoms with E-state index in [1.54, 1.807) is 12.1 Å². The first kappa shape index (κ1) is 11.6. The summed E-state index contributed by atoms with van der Waals surface area (Å²) in [5.41, 5.74) is 2.31. The standard InChI is InChI=1S/C16H15F/c1-13(15-5-3-2-4-6-15)7-8-14-9-11-16(17)12-10-14/h2-13H,1H3/b8-7+/t13-/m1/s1. The van der Waals surface area contributed by atoms with Crippen LogP contribution in [0.25, 0.3) is 6.08 Å². The fourth-order valence-electron chi connectivity index (χ4n) is 1.70. The molecule has 17 heavy (non-hydrogen) atoms. The summed E-state index contributed by atoms with van der Waals surface area (Å²) in [6, 6.07) is 16.8. The molecule has 0 aromatic heterocycles. The summed E-state index contributed by atoms with van der Waals surface area (Å²) >= 11 is 0. The Morgan fingerprint density at radius 3 is 2.24 bits per heavy atom. The van der Waals surface area contributed by atoms with Gasteiger partial charge in [-0.1, -0.05) is 61.5 Å². The Morgan fingerprint density at radius 2 is 1.59 bits per heavy atom. The minimum atomic E-state index is -0.196. The van der Waals surface area contributed by atoms with Gasteiger partial charge in [0.15, 0.2) is 0 Å². The van der Waals surface area contributed by atoms with Crippen molar-refractivity contribution < 1.29 is 4.39 Å². The molecule has 0 amide bonds. The van der Waals surface area contributed by atoms with Crippen LogP contribution in [0, 0.1) is 5.82 Å². The van der Waals surface area contributed by atoms with Crippen molar-refractivity contribution in [3.63, 3.8) is 0 Å². The topological polar surface area (TPSA) is 0 Å². The first-order chi connectivity index (χ1) is 8.25. The Kier molecular flexibility index (Phi) is 3.71. The van der Waals surface area contributed by atoms with E-state index in [9.17, 15) is 4.39 Å². The van der Waals surface area contributed by atoms with Crippen LogP contribution in [-0.4, -0.2) is 0 Å². The molecule has 0 unspecified atom stereocenters. The molecule has 0 aliphatic carbocycles. The van der Waals surface area contributed by atoms with E-state index in [1.807, 2.05) is 24.3 Å². The Bertz CT molecular complexity index is 483. The van der Waals surface area contributed by atoms with Crippen LogP contribution in [-0.2, 0) is 0 Å². The van der Waals surface area contributed by atoms with Crippen LogP contribution in [0.15, 0.2) is 60.7 Å². The van der Waals surface area contributed by atoms with Crippen LogP contribution in [0.1, 0.15) is 24.0 Å². The Balaban J connectivity index is 2.08. The second-order valence-electron chi connectivity index (χ2n) is 4.11. The maximum Gasteiger partial charge on any atom is 0.123 e. The molecule has 0 heterocycles. The predicted molar refractivity (Wildman–Crippen MR) is 70.3 cm³/mol. The predicted octanol–water partition coefficient (Wildman–Crippen LogP) is 4.64. The summed E-state index contributed by atoms with van der Waals surface area (Å²) in [7, 11) is 0. The van der Waals surface area contributed by atoms with Crippen LogP contribution in [0.2, 0.25) is 0 Å². The highest BCUT2D eigenvalue weighted by Gasteiger charge is 1.99. The van der Waals surface area contributed by atoms with Gasteiger partial charge in [-0.15, -0.1) is 0 Å². The minimum Gasteiger partial charge on any atom is -0.207 e. The Hall–Kier alpha value is -1.89. The number of halogens is 1. The average Bonchev–Trinajstić information content (AvgIpc) is 2.39. The molecule has 86 valence electrons. The van der Waals surface area contributed by atoms with E-state index in [-0.39, 0.29) is 5.82 Å². The first-order valence-corrected chi connectivity index (χ1v) is 5.74. The molecule has 0 nitrogen and oxygen atoms in total. The molecule has 0 radical (unpaired) electrons. The summed E-state index contributed by atoms with van der Waals surface area (Å²) in [5, 5.41) is 0. The van der Waals surface area contributed by atoms with E-state index in [0.717, 1.165) is 5.56 Å². The van der Waals surface area contributed by atoms with E-state index in [0.29, 0.717) is 5.92 Å². The van der Waals surface area contributed by atoms with Crippen molar-refractivity contribution >= 4 is 6.08 Å². The largest absolute Gasteiger partial charge is 0.207 e. The molecule has 0 aliphatic rings. The van der Waals surface area contributed by atoms with Crippen LogP contribution in [0.4, 0.5) is 4.39 Å². The fraction of sp³-hybridized carbons (Fsp3) is 0.125. The summed E-state index contributed by atoms with van der Waals surface area (Å²) in [5.74, 6) is 0.166. The van der Waals surface area contributed by atoms with E-state index in [2.05, 4.69) is 25.1 Å². The molecule has 0 bridgehead atoms. The van der Waals surface area contributed by atoms with Crippen molar-refractivity contribution in [2.75, 3.05) is 0 Å². The summed E-state index contributed by atoms with van der Waals surface area (Å²) in [6.45, 7) is 2.15. The quantitative estimate of drug-likeness (QED) is 0.715. The zero-order valence-electron chi connectivity index (χ0n) is 9.81. The maximum absolute atomic E-state index is 12.7. The van der Waals surface area contributed by atoms with Crippen LogP contribution >= 0.6 is 0 Å². The van der Waals surface area contributed by atoms with Gasteiger partial charge in [0.1, 0.15) is 5.82 Å². The zero-order valence-corrected chi connectivity index (χ0v) is 9.81. The lowest BCUT2D eigenvalue weighted by molar-refractivity contribution is 0.628. The van der Waals surface area contributed by atoms with Crippen molar-refractivity contribution in [1.29, 1.82) is 0 Å². The molecule has 2 rings (SSSR count). The van der Waals surface area contributed by atoms with Gasteiger partial charge in [0, 0.05) is 0 Å². The van der Waals surface area contributed by atoms with Crippen molar-refractivity contribution in [2.24, 2.45) is 0 Å². The summed E-state index contributed by atoms with van der Waals surface area (Å²) < 4.78 is 12.7. The molecule has 0 N–H and O–H groups in total. The monoisotopic (exact) mass is 226 g/mol. The van der Waals surface area contributed by atoms with E-state index < -0.39 is 0 Å². The van der Waals surface area contributed by atoms with Crippen LogP contribution in [0.3, 0.4) is 0 Å². The van der Waals surface area contributed by atoms with Gasteiger partial charge in [-0.3, -0.25) is 0 Å². The number of allylic oxidation sites excluding steroid dienone is 1. The van der Waals surface area contributed by atoms with Gasteiger partial charge in [0.05, 0.1) is 0 Å². The highest BCUT2D eigenvalue weighted by atomic mass is 19.1. The zero-order chi connectivity index (χ0) is 12.1. The minimum absolute atomic E-state index is 0.196. The van der Waals surface area contributed by atoms with Gasteiger partial charge in [-0.25, -0.2) is 4.39 Å².